The van der Waals surface area contributed by atoms with Crippen LogP contribution in [-0.2, 0) is 24.3 Å². The average molecular weight is 279 g/mol. The van der Waals surface area contributed by atoms with Crippen molar-refractivity contribution in [2.45, 2.75) is 19.5 Å². The monoisotopic (exact) mass is 279 g/mol. The van der Waals surface area contributed by atoms with Gasteiger partial charge in [0.05, 0.1) is 30.9 Å². The molecule has 6 nitrogen and oxygen atoms in total. The zero-order valence-electron chi connectivity index (χ0n) is 11.3. The molecule has 0 saturated heterocycles. The van der Waals surface area contributed by atoms with Crippen LogP contribution in [-0.4, -0.2) is 20.8 Å². The van der Waals surface area contributed by atoms with E-state index in [4.69, 9.17) is 11.0 Å². The van der Waals surface area contributed by atoms with Crippen molar-refractivity contribution in [3.05, 3.63) is 47.4 Å². The minimum Gasteiger partial charge on any atom is -0.369 e. The number of nitriles is 1. The van der Waals surface area contributed by atoms with E-state index in [0.29, 0.717) is 18.9 Å². The fraction of sp³-hybridized carbons (Fsp3) is 0.200. The Morgan fingerprint density at radius 1 is 1.29 bits per heavy atom. The first-order valence-corrected chi connectivity index (χ1v) is 6.54. The van der Waals surface area contributed by atoms with Crippen LogP contribution in [0.4, 0.5) is 0 Å². The van der Waals surface area contributed by atoms with E-state index >= 15 is 0 Å². The van der Waals surface area contributed by atoms with Crippen molar-refractivity contribution in [2.24, 2.45) is 5.73 Å². The van der Waals surface area contributed by atoms with Gasteiger partial charge in [-0.2, -0.15) is 5.26 Å². The molecule has 0 aliphatic carbocycles. The first-order valence-electron chi connectivity index (χ1n) is 6.54. The number of nitrogens with zero attached hydrogens (tertiary/aromatic N) is 4. The van der Waals surface area contributed by atoms with Crippen molar-refractivity contribution in [2.75, 3.05) is 0 Å². The lowest BCUT2D eigenvalue weighted by molar-refractivity contribution is -0.117. The van der Waals surface area contributed by atoms with Gasteiger partial charge in [-0.05, 0) is 0 Å². The van der Waals surface area contributed by atoms with E-state index in [-0.39, 0.29) is 6.42 Å². The number of fused-ring (bicyclic) bond motifs is 1. The van der Waals surface area contributed by atoms with Crippen molar-refractivity contribution in [3.63, 3.8) is 0 Å². The van der Waals surface area contributed by atoms with Gasteiger partial charge in [0.25, 0.3) is 0 Å². The largest absolute Gasteiger partial charge is 0.369 e. The summed E-state index contributed by atoms with van der Waals surface area (Å²) in [6.45, 7) is 0.937. The van der Waals surface area contributed by atoms with E-state index in [1.54, 1.807) is 4.90 Å². The molecule has 1 amide bonds. The Morgan fingerprint density at radius 2 is 2.05 bits per heavy atom. The zero-order chi connectivity index (χ0) is 14.8. The van der Waals surface area contributed by atoms with Crippen LogP contribution in [0.3, 0.4) is 0 Å². The topological polar surface area (TPSA) is 95.9 Å². The van der Waals surface area contributed by atoms with Crippen molar-refractivity contribution in [1.29, 1.82) is 5.26 Å². The van der Waals surface area contributed by atoms with Crippen LogP contribution >= 0.6 is 0 Å². The molecule has 2 heterocycles. The van der Waals surface area contributed by atoms with E-state index in [1.165, 1.54) is 0 Å². The van der Waals surface area contributed by atoms with Crippen LogP contribution in [0.15, 0.2) is 30.3 Å². The van der Waals surface area contributed by atoms with Crippen LogP contribution in [0.1, 0.15) is 17.1 Å². The third-order valence-corrected chi connectivity index (χ3v) is 3.35. The number of benzene rings is 1. The number of carbonyl (C=O) groups is 1. The summed E-state index contributed by atoms with van der Waals surface area (Å²) in [6, 6.07) is 9.68. The molecular weight excluding hydrogens is 266 g/mol. The summed E-state index contributed by atoms with van der Waals surface area (Å²) in [5.41, 5.74) is 8.68. The number of primary amides is 1. The van der Waals surface area contributed by atoms with Gasteiger partial charge in [-0.15, -0.1) is 0 Å². The van der Waals surface area contributed by atoms with Crippen molar-refractivity contribution < 1.29 is 4.79 Å². The van der Waals surface area contributed by atoms with Crippen molar-refractivity contribution >= 4 is 5.91 Å². The molecule has 2 aromatic rings. The first-order chi connectivity index (χ1) is 10.2. The van der Waals surface area contributed by atoms with Gasteiger partial charge in [-0.1, -0.05) is 30.3 Å². The molecule has 0 saturated carbocycles. The number of carbonyl (C=O) groups excluding carboxylic acids is 1. The van der Waals surface area contributed by atoms with Gasteiger partial charge in [-0.3, -0.25) is 4.79 Å². The first kappa shape index (κ1) is 13.1. The Bertz CT molecular complexity index is 736. The normalized spacial score (nSPS) is 12.8. The molecule has 2 N–H and O–H groups in total. The maximum atomic E-state index is 11.1. The van der Waals surface area contributed by atoms with Crippen LogP contribution in [0.5, 0.6) is 0 Å². The molecule has 3 rings (SSSR count). The number of hydrogen-bond acceptors (Lipinski definition) is 5. The highest BCUT2D eigenvalue weighted by Crippen LogP contribution is 2.30. The predicted octanol–water partition coefficient (Wildman–Crippen LogP) is 0.968. The summed E-state index contributed by atoms with van der Waals surface area (Å²) in [6.07, 6.45) is 2.12. The molecule has 0 spiro atoms. The van der Waals surface area contributed by atoms with E-state index in [1.807, 2.05) is 30.3 Å². The second kappa shape index (κ2) is 5.21. The number of amides is 1. The highest BCUT2D eigenvalue weighted by atomic mass is 16.1. The Morgan fingerprint density at radius 3 is 2.71 bits per heavy atom. The van der Waals surface area contributed by atoms with E-state index in [2.05, 4.69) is 16.2 Å². The van der Waals surface area contributed by atoms with Crippen molar-refractivity contribution in [3.8, 4) is 17.5 Å². The van der Waals surface area contributed by atoms with Gasteiger partial charge in [0.2, 0.25) is 5.91 Å². The van der Waals surface area contributed by atoms with Gasteiger partial charge in [0.1, 0.15) is 5.82 Å². The summed E-state index contributed by atoms with van der Waals surface area (Å²) in [4.78, 5) is 21.6. The Hall–Kier alpha value is -2.94. The van der Waals surface area contributed by atoms with Crippen molar-refractivity contribution in [1.82, 2.24) is 14.9 Å². The number of rotatable bonds is 3. The molecule has 104 valence electrons. The number of aromatic nitrogens is 2. The lowest BCUT2D eigenvalue weighted by Crippen LogP contribution is -2.17. The smallest absolute Gasteiger partial charge is 0.225 e. The van der Waals surface area contributed by atoms with Gasteiger partial charge in [0, 0.05) is 11.1 Å². The lowest BCUT2D eigenvalue weighted by atomic mass is 10.1. The summed E-state index contributed by atoms with van der Waals surface area (Å²) in [5, 5.41) is 9.07. The fourth-order valence-corrected chi connectivity index (χ4v) is 2.45. The molecule has 0 radical (unpaired) electrons. The average Bonchev–Trinajstić information content (AvgIpc) is 2.89. The third kappa shape index (κ3) is 2.54. The quantitative estimate of drug-likeness (QED) is 0.844. The second-order valence-corrected chi connectivity index (χ2v) is 4.88. The molecule has 21 heavy (non-hydrogen) atoms. The van der Waals surface area contributed by atoms with Crippen LogP contribution < -0.4 is 5.73 Å². The summed E-state index contributed by atoms with van der Waals surface area (Å²) < 4.78 is 0. The van der Waals surface area contributed by atoms with Crippen LogP contribution in [0.25, 0.3) is 11.3 Å². The molecule has 0 fully saturated rings. The van der Waals surface area contributed by atoms with Crippen LogP contribution in [0.2, 0.25) is 0 Å². The summed E-state index contributed by atoms with van der Waals surface area (Å²) in [5.74, 6) is -0.0657. The molecule has 1 aromatic heterocycles. The SMILES string of the molecule is N#CN1Cc2nc(CC(N)=O)nc(-c3ccccc3)c2C1. The molecule has 6 heteroatoms. The standard InChI is InChI=1S/C15H13N5O/c16-9-20-7-11-12(8-20)18-14(6-13(17)21)19-15(11)10-4-2-1-3-5-10/h1-5H,6-8H2,(H2,17,21). The van der Waals surface area contributed by atoms with E-state index in [0.717, 1.165) is 22.5 Å². The molecule has 0 unspecified atom stereocenters. The van der Waals surface area contributed by atoms with Gasteiger partial charge >= 0.3 is 0 Å². The molecule has 0 bridgehead atoms. The summed E-state index contributed by atoms with van der Waals surface area (Å²) >= 11 is 0. The highest BCUT2D eigenvalue weighted by molar-refractivity contribution is 5.76. The molecule has 0 atom stereocenters. The van der Waals surface area contributed by atoms with E-state index < -0.39 is 5.91 Å². The Balaban J connectivity index is 2.12. The van der Waals surface area contributed by atoms with Gasteiger partial charge in [0.15, 0.2) is 6.19 Å². The van der Waals surface area contributed by atoms with Crippen LogP contribution in [0, 0.1) is 11.5 Å². The Kier molecular flexibility index (Phi) is 3.24. The Labute approximate surface area is 121 Å². The highest BCUT2D eigenvalue weighted by Gasteiger charge is 2.25. The molecular formula is C15H13N5O. The maximum absolute atomic E-state index is 11.1. The lowest BCUT2D eigenvalue weighted by Gasteiger charge is -2.09. The zero-order valence-corrected chi connectivity index (χ0v) is 11.3. The minimum absolute atomic E-state index is 0.000330. The maximum Gasteiger partial charge on any atom is 0.225 e. The fourth-order valence-electron chi connectivity index (χ4n) is 2.45. The van der Waals surface area contributed by atoms with E-state index in [9.17, 15) is 4.79 Å². The second-order valence-electron chi connectivity index (χ2n) is 4.88. The molecule has 1 aliphatic rings. The number of nitrogens with two attached hydrogens (primary N) is 1. The van der Waals surface area contributed by atoms with Gasteiger partial charge < -0.3 is 10.6 Å². The summed E-state index contributed by atoms with van der Waals surface area (Å²) in [7, 11) is 0. The third-order valence-electron chi connectivity index (χ3n) is 3.35. The number of hydrogen-bond donors (Lipinski definition) is 1. The van der Waals surface area contributed by atoms with Gasteiger partial charge in [-0.25, -0.2) is 9.97 Å². The molecule has 1 aromatic carbocycles. The minimum atomic E-state index is -0.468. The molecule has 1 aliphatic heterocycles. The predicted molar refractivity (Wildman–Crippen MR) is 75.2 cm³/mol.